The first-order valence-corrected chi connectivity index (χ1v) is 7.55. The van der Waals surface area contributed by atoms with E-state index in [2.05, 4.69) is 0 Å². The monoisotopic (exact) mass is 338 g/mol. The van der Waals surface area contributed by atoms with Crippen molar-refractivity contribution in [3.05, 3.63) is 64.1 Å². The summed E-state index contributed by atoms with van der Waals surface area (Å²) in [5.74, 6) is -2.58. The van der Waals surface area contributed by atoms with Gasteiger partial charge < -0.3 is 9.52 Å². The minimum Gasteiger partial charge on any atom is -0.481 e. The summed E-state index contributed by atoms with van der Waals surface area (Å²) in [6, 6.07) is 6.05. The van der Waals surface area contributed by atoms with Crippen LogP contribution in [0.15, 0.2) is 40.5 Å². The highest BCUT2D eigenvalue weighted by molar-refractivity contribution is 6.53. The largest absolute Gasteiger partial charge is 0.481 e. The van der Waals surface area contributed by atoms with Gasteiger partial charge in [0, 0.05) is 11.1 Å². The molecule has 6 heteroatoms. The minimum absolute atomic E-state index is 0.00675. The molecule has 0 spiro atoms. The highest BCUT2D eigenvalue weighted by Crippen LogP contribution is 2.33. The van der Waals surface area contributed by atoms with Gasteiger partial charge in [0.25, 0.3) is 0 Å². The zero-order valence-electron chi connectivity index (χ0n) is 13.6. The summed E-state index contributed by atoms with van der Waals surface area (Å²) < 4.78 is 5.38. The standard InChI is InChI=1S/C19H14O6/c1-9-10(2)19-15(18(24)16(9)22)13(8-25-19)17(23)12-5-3-11(4-6-12)7-14(20)21/h3-6,8H,7H2,1-2H3,(H,20,21). The highest BCUT2D eigenvalue weighted by Gasteiger charge is 2.35. The lowest BCUT2D eigenvalue weighted by molar-refractivity contribution is -0.136. The van der Waals surface area contributed by atoms with Gasteiger partial charge in [-0.05, 0) is 25.0 Å². The van der Waals surface area contributed by atoms with Gasteiger partial charge in [-0.15, -0.1) is 0 Å². The number of aliphatic carboxylic acids is 1. The maximum atomic E-state index is 12.7. The van der Waals surface area contributed by atoms with Gasteiger partial charge in [0.05, 0.1) is 17.5 Å². The van der Waals surface area contributed by atoms with Crippen molar-refractivity contribution in [3.8, 4) is 0 Å². The summed E-state index contributed by atoms with van der Waals surface area (Å²) in [5.41, 5.74) is 1.71. The first kappa shape index (κ1) is 16.6. The van der Waals surface area contributed by atoms with Gasteiger partial charge >= 0.3 is 5.97 Å². The van der Waals surface area contributed by atoms with Crippen LogP contribution >= 0.6 is 0 Å². The molecular formula is C19H14O6. The number of furan rings is 1. The number of carbonyl (C=O) groups excluding carboxylic acids is 3. The molecule has 1 aliphatic rings. The number of hydrogen-bond donors (Lipinski definition) is 1. The quantitative estimate of drug-likeness (QED) is 0.679. The average Bonchev–Trinajstić information content (AvgIpc) is 3.02. The topological polar surface area (TPSA) is 102 Å². The Morgan fingerprint density at radius 3 is 2.24 bits per heavy atom. The van der Waals surface area contributed by atoms with E-state index in [9.17, 15) is 19.2 Å². The van der Waals surface area contributed by atoms with Crippen molar-refractivity contribution in [1.29, 1.82) is 0 Å². The van der Waals surface area contributed by atoms with E-state index < -0.39 is 23.3 Å². The van der Waals surface area contributed by atoms with Crippen molar-refractivity contribution in [2.75, 3.05) is 0 Å². The smallest absolute Gasteiger partial charge is 0.307 e. The Balaban J connectivity index is 2.01. The van der Waals surface area contributed by atoms with E-state index >= 15 is 0 Å². The fourth-order valence-electron chi connectivity index (χ4n) is 2.75. The molecule has 0 atom stereocenters. The van der Waals surface area contributed by atoms with Gasteiger partial charge in [-0.1, -0.05) is 24.3 Å². The number of Topliss-reactive ketones (excluding diaryl/α,β-unsaturated/α-hetero) is 2. The lowest BCUT2D eigenvalue weighted by Crippen LogP contribution is -2.23. The molecule has 0 bridgehead atoms. The second-order valence-electron chi connectivity index (χ2n) is 5.86. The number of allylic oxidation sites excluding steroid dienone is 2. The second kappa shape index (κ2) is 5.98. The van der Waals surface area contributed by atoms with E-state index in [0.29, 0.717) is 16.7 Å². The van der Waals surface area contributed by atoms with Gasteiger partial charge in [-0.2, -0.15) is 0 Å². The molecule has 1 aromatic carbocycles. The Morgan fingerprint density at radius 2 is 1.64 bits per heavy atom. The van der Waals surface area contributed by atoms with Crippen LogP contribution in [0.3, 0.4) is 0 Å². The lowest BCUT2D eigenvalue weighted by Gasteiger charge is -2.12. The van der Waals surface area contributed by atoms with Crippen LogP contribution in [0.25, 0.3) is 5.57 Å². The van der Waals surface area contributed by atoms with Gasteiger partial charge in [0.15, 0.2) is 5.78 Å². The molecule has 126 valence electrons. The van der Waals surface area contributed by atoms with Crippen molar-refractivity contribution in [1.82, 2.24) is 0 Å². The fourth-order valence-corrected chi connectivity index (χ4v) is 2.75. The molecule has 25 heavy (non-hydrogen) atoms. The maximum absolute atomic E-state index is 12.7. The molecule has 1 heterocycles. The summed E-state index contributed by atoms with van der Waals surface area (Å²) in [6.45, 7) is 3.21. The predicted molar refractivity (Wildman–Crippen MR) is 87.5 cm³/mol. The number of carboxylic acid groups (broad SMARTS) is 1. The number of carboxylic acids is 1. The molecule has 1 aliphatic carbocycles. The third-order valence-electron chi connectivity index (χ3n) is 4.28. The Hall–Kier alpha value is -3.28. The van der Waals surface area contributed by atoms with Crippen molar-refractivity contribution in [2.24, 2.45) is 0 Å². The zero-order valence-corrected chi connectivity index (χ0v) is 13.6. The molecule has 0 saturated carbocycles. The second-order valence-corrected chi connectivity index (χ2v) is 5.86. The van der Waals surface area contributed by atoms with Crippen molar-refractivity contribution >= 4 is 28.9 Å². The SMILES string of the molecule is CC1=C(C)c2occ(C(=O)c3ccc(CC(=O)O)cc3)c2C(=O)C1=O. The van der Waals surface area contributed by atoms with Crippen LogP contribution in [0.2, 0.25) is 0 Å². The van der Waals surface area contributed by atoms with E-state index in [-0.39, 0.29) is 28.9 Å². The van der Waals surface area contributed by atoms with E-state index in [1.807, 2.05) is 0 Å². The molecule has 1 aromatic heterocycles. The minimum atomic E-state index is -0.968. The van der Waals surface area contributed by atoms with E-state index in [1.165, 1.54) is 30.5 Å². The third-order valence-corrected chi connectivity index (χ3v) is 4.28. The van der Waals surface area contributed by atoms with E-state index in [1.54, 1.807) is 13.8 Å². The summed E-state index contributed by atoms with van der Waals surface area (Å²) in [6.07, 6.45) is 1.04. The Morgan fingerprint density at radius 1 is 1.00 bits per heavy atom. The van der Waals surface area contributed by atoms with Crippen molar-refractivity contribution in [3.63, 3.8) is 0 Å². The van der Waals surface area contributed by atoms with Crippen molar-refractivity contribution < 1.29 is 28.7 Å². The van der Waals surface area contributed by atoms with E-state index in [4.69, 9.17) is 9.52 Å². The van der Waals surface area contributed by atoms with Gasteiger partial charge in [-0.3, -0.25) is 19.2 Å². The fraction of sp³-hybridized carbons (Fsp3) is 0.158. The van der Waals surface area contributed by atoms with Crippen LogP contribution in [0.1, 0.15) is 51.5 Å². The zero-order chi connectivity index (χ0) is 18.3. The Kier molecular flexibility index (Phi) is 3.96. The summed E-state index contributed by atoms with van der Waals surface area (Å²) in [5, 5.41) is 8.78. The first-order valence-electron chi connectivity index (χ1n) is 7.55. The number of hydrogen-bond acceptors (Lipinski definition) is 5. The molecule has 0 radical (unpaired) electrons. The number of benzene rings is 1. The Labute approximate surface area is 142 Å². The number of ketones is 3. The molecule has 0 unspecified atom stereocenters. The van der Waals surface area contributed by atoms with E-state index in [0.717, 1.165) is 0 Å². The van der Waals surface area contributed by atoms with Crippen LogP contribution in [0.4, 0.5) is 0 Å². The third kappa shape index (κ3) is 2.71. The van der Waals surface area contributed by atoms with Gasteiger partial charge in [-0.25, -0.2) is 0 Å². The molecular weight excluding hydrogens is 324 g/mol. The molecule has 0 amide bonds. The normalized spacial score (nSPS) is 13.8. The summed E-state index contributed by atoms with van der Waals surface area (Å²) >= 11 is 0. The number of fused-ring (bicyclic) bond motifs is 1. The molecule has 3 rings (SSSR count). The van der Waals surface area contributed by atoms with Crippen LogP contribution in [0.5, 0.6) is 0 Å². The van der Waals surface area contributed by atoms with Crippen LogP contribution < -0.4 is 0 Å². The molecule has 6 nitrogen and oxygen atoms in total. The molecule has 2 aromatic rings. The van der Waals surface area contributed by atoms with Gasteiger partial charge in [0.2, 0.25) is 11.6 Å². The Bertz CT molecular complexity index is 956. The first-order chi connectivity index (χ1) is 11.8. The molecule has 0 aliphatic heterocycles. The van der Waals surface area contributed by atoms with Crippen molar-refractivity contribution in [2.45, 2.75) is 20.3 Å². The van der Waals surface area contributed by atoms with Gasteiger partial charge in [0.1, 0.15) is 12.0 Å². The molecule has 1 N–H and O–H groups in total. The maximum Gasteiger partial charge on any atom is 0.307 e. The van der Waals surface area contributed by atoms with Crippen LogP contribution in [-0.4, -0.2) is 28.4 Å². The summed E-state index contributed by atoms with van der Waals surface area (Å²) in [7, 11) is 0. The molecule has 0 saturated heterocycles. The molecule has 0 fully saturated rings. The number of rotatable bonds is 4. The van der Waals surface area contributed by atoms with Crippen LogP contribution in [0, 0.1) is 0 Å². The average molecular weight is 338 g/mol. The predicted octanol–water partition coefficient (Wildman–Crippen LogP) is 2.70. The lowest BCUT2D eigenvalue weighted by atomic mass is 9.87. The summed E-state index contributed by atoms with van der Waals surface area (Å²) in [4.78, 5) is 47.7. The number of carbonyl (C=O) groups is 4. The van der Waals surface area contributed by atoms with Crippen LogP contribution in [-0.2, 0) is 16.0 Å². The highest BCUT2D eigenvalue weighted by atomic mass is 16.4.